The van der Waals surface area contributed by atoms with Crippen molar-refractivity contribution < 1.29 is 22.4 Å². The molecule has 0 saturated carbocycles. The van der Waals surface area contributed by atoms with Crippen molar-refractivity contribution in [1.82, 2.24) is 14.5 Å². The van der Waals surface area contributed by atoms with E-state index in [1.807, 2.05) is 37.3 Å². The number of amides is 2. The Hall–Kier alpha value is -3.27. The van der Waals surface area contributed by atoms with Crippen LogP contribution in [0.15, 0.2) is 83.8 Å². The highest BCUT2D eigenvalue weighted by Crippen LogP contribution is 2.20. The average molecular weight is 560 g/mol. The zero-order valence-corrected chi connectivity index (χ0v) is 22.9. The molecule has 3 aromatic carbocycles. The van der Waals surface area contributed by atoms with Crippen LogP contribution in [0.3, 0.4) is 0 Å². The molecule has 0 aliphatic carbocycles. The Morgan fingerprint density at radius 3 is 2.24 bits per heavy atom. The van der Waals surface area contributed by atoms with Crippen molar-refractivity contribution in [2.24, 2.45) is 0 Å². The molecule has 38 heavy (non-hydrogen) atoms. The van der Waals surface area contributed by atoms with E-state index >= 15 is 0 Å². The molecule has 1 N–H and O–H groups in total. The van der Waals surface area contributed by atoms with Gasteiger partial charge in [-0.3, -0.25) is 9.59 Å². The summed E-state index contributed by atoms with van der Waals surface area (Å²) in [5.74, 6) is -1.57. The maximum Gasteiger partial charge on any atom is 0.243 e. The summed E-state index contributed by atoms with van der Waals surface area (Å²) in [6.07, 6.45) is 0.858. The minimum atomic E-state index is -4.03. The molecule has 0 aliphatic rings. The lowest BCUT2D eigenvalue weighted by Crippen LogP contribution is -2.53. The van der Waals surface area contributed by atoms with E-state index in [0.29, 0.717) is 18.0 Å². The predicted octanol–water partition coefficient (Wildman–Crippen LogP) is 4.27. The molecule has 0 radical (unpaired) electrons. The molecule has 0 bridgehead atoms. The van der Waals surface area contributed by atoms with Crippen LogP contribution < -0.4 is 5.32 Å². The lowest BCUT2D eigenvalue weighted by atomic mass is 10.0. The van der Waals surface area contributed by atoms with Crippen LogP contribution >= 0.6 is 11.6 Å². The van der Waals surface area contributed by atoms with E-state index in [0.717, 1.165) is 9.87 Å². The summed E-state index contributed by atoms with van der Waals surface area (Å²) in [5.41, 5.74) is 1.02. The van der Waals surface area contributed by atoms with Crippen molar-refractivity contribution in [3.05, 3.63) is 101 Å². The SMILES string of the molecule is CCCNC(=O)[C@@H](Cc1ccccc1)N(Cc1ccccc1F)C(=O)CN(C)S(=O)(=O)c1ccc(Cl)cc1. The first kappa shape index (κ1) is 29.3. The predicted molar refractivity (Wildman–Crippen MR) is 145 cm³/mol. The molecule has 202 valence electrons. The standard InChI is InChI=1S/C28H31ClFN3O4S/c1-3-17-31-28(35)26(18-21-9-5-4-6-10-21)33(19-22-11-7-8-12-25(22)30)27(34)20-32(2)38(36,37)24-15-13-23(29)14-16-24/h4-16,26H,3,17-20H2,1-2H3,(H,31,35)/t26-/m1/s1. The fourth-order valence-corrected chi connectivity index (χ4v) is 5.13. The number of carbonyl (C=O) groups excluding carboxylic acids is 2. The number of likely N-dealkylation sites (N-methyl/N-ethyl adjacent to an activating group) is 1. The van der Waals surface area contributed by atoms with Crippen molar-refractivity contribution in [2.45, 2.75) is 37.2 Å². The Kier molecular flexibility index (Phi) is 10.4. The van der Waals surface area contributed by atoms with Crippen LogP contribution in [0.1, 0.15) is 24.5 Å². The lowest BCUT2D eigenvalue weighted by molar-refractivity contribution is -0.141. The van der Waals surface area contributed by atoms with Gasteiger partial charge in [-0.05, 0) is 42.3 Å². The molecule has 0 saturated heterocycles. The minimum Gasteiger partial charge on any atom is -0.354 e. The summed E-state index contributed by atoms with van der Waals surface area (Å²) in [7, 11) is -2.75. The molecule has 0 aliphatic heterocycles. The Bertz CT molecular complexity index is 1340. The van der Waals surface area contributed by atoms with Gasteiger partial charge in [0.15, 0.2) is 0 Å². The number of benzene rings is 3. The molecule has 0 unspecified atom stereocenters. The molecular weight excluding hydrogens is 529 g/mol. The number of rotatable bonds is 12. The smallest absolute Gasteiger partial charge is 0.243 e. The molecular formula is C28H31ClFN3O4S. The third-order valence-electron chi connectivity index (χ3n) is 6.00. The molecule has 0 fully saturated rings. The Labute approximate surface area is 228 Å². The van der Waals surface area contributed by atoms with E-state index in [1.54, 1.807) is 6.07 Å². The van der Waals surface area contributed by atoms with Crippen LogP contribution in [0.25, 0.3) is 0 Å². The number of carbonyl (C=O) groups is 2. The molecule has 7 nitrogen and oxygen atoms in total. The van der Waals surface area contributed by atoms with Crippen LogP contribution in [0.5, 0.6) is 0 Å². The summed E-state index contributed by atoms with van der Waals surface area (Å²) >= 11 is 5.89. The fraction of sp³-hybridized carbons (Fsp3) is 0.286. The van der Waals surface area contributed by atoms with E-state index < -0.39 is 40.2 Å². The summed E-state index contributed by atoms with van der Waals surface area (Å²) in [6.45, 7) is 1.55. The lowest BCUT2D eigenvalue weighted by Gasteiger charge is -2.32. The number of hydrogen-bond donors (Lipinski definition) is 1. The zero-order chi connectivity index (χ0) is 27.7. The van der Waals surface area contributed by atoms with Gasteiger partial charge in [-0.25, -0.2) is 12.8 Å². The van der Waals surface area contributed by atoms with Crippen LogP contribution in [-0.2, 0) is 32.6 Å². The second-order valence-corrected chi connectivity index (χ2v) is 11.3. The van der Waals surface area contributed by atoms with Crippen molar-refractivity contribution in [2.75, 3.05) is 20.1 Å². The third-order valence-corrected chi connectivity index (χ3v) is 8.07. The first-order chi connectivity index (χ1) is 18.1. The molecule has 0 aromatic heterocycles. The van der Waals surface area contributed by atoms with Crippen molar-refractivity contribution in [1.29, 1.82) is 0 Å². The van der Waals surface area contributed by atoms with Gasteiger partial charge in [0.05, 0.1) is 11.4 Å². The number of sulfonamides is 1. The van der Waals surface area contributed by atoms with Gasteiger partial charge >= 0.3 is 0 Å². The van der Waals surface area contributed by atoms with Gasteiger partial charge in [0, 0.05) is 37.1 Å². The van der Waals surface area contributed by atoms with Gasteiger partial charge in [0.1, 0.15) is 11.9 Å². The normalized spacial score (nSPS) is 12.2. The van der Waals surface area contributed by atoms with Gasteiger partial charge in [-0.1, -0.05) is 67.1 Å². The van der Waals surface area contributed by atoms with E-state index in [4.69, 9.17) is 11.6 Å². The Balaban J connectivity index is 1.97. The molecule has 10 heteroatoms. The second kappa shape index (κ2) is 13.5. The largest absolute Gasteiger partial charge is 0.354 e. The molecule has 1 atom stereocenters. The van der Waals surface area contributed by atoms with Gasteiger partial charge < -0.3 is 10.2 Å². The van der Waals surface area contributed by atoms with Gasteiger partial charge in [0.2, 0.25) is 21.8 Å². The fourth-order valence-electron chi connectivity index (χ4n) is 3.88. The van der Waals surface area contributed by atoms with Crippen LogP contribution in [0.4, 0.5) is 4.39 Å². The van der Waals surface area contributed by atoms with Gasteiger partial charge in [-0.2, -0.15) is 4.31 Å². The summed E-state index contributed by atoms with van der Waals surface area (Å²) in [5, 5.41) is 3.21. The molecule has 0 heterocycles. The zero-order valence-electron chi connectivity index (χ0n) is 21.3. The quantitative estimate of drug-likeness (QED) is 0.359. The summed E-state index contributed by atoms with van der Waals surface area (Å²) in [6, 6.07) is 19.8. The van der Waals surface area contributed by atoms with E-state index in [1.165, 1.54) is 54.4 Å². The first-order valence-electron chi connectivity index (χ1n) is 12.2. The molecule has 2 amide bonds. The first-order valence-corrected chi connectivity index (χ1v) is 14.0. The number of hydrogen-bond acceptors (Lipinski definition) is 4. The number of nitrogens with one attached hydrogen (secondary N) is 1. The van der Waals surface area contributed by atoms with Crippen LogP contribution in [-0.4, -0.2) is 55.6 Å². The second-order valence-electron chi connectivity index (χ2n) is 8.82. The minimum absolute atomic E-state index is 0.0284. The monoisotopic (exact) mass is 559 g/mol. The van der Waals surface area contributed by atoms with Crippen LogP contribution in [0.2, 0.25) is 5.02 Å². The van der Waals surface area contributed by atoms with Crippen LogP contribution in [0, 0.1) is 5.82 Å². The maximum absolute atomic E-state index is 14.7. The molecule has 3 rings (SSSR count). The summed E-state index contributed by atoms with van der Waals surface area (Å²) in [4.78, 5) is 28.3. The van der Waals surface area contributed by atoms with Gasteiger partial charge in [-0.15, -0.1) is 0 Å². The van der Waals surface area contributed by atoms with E-state index in [9.17, 15) is 22.4 Å². The highest BCUT2D eigenvalue weighted by Gasteiger charge is 2.33. The van der Waals surface area contributed by atoms with E-state index in [2.05, 4.69) is 5.32 Å². The Morgan fingerprint density at radius 1 is 0.974 bits per heavy atom. The van der Waals surface area contributed by atoms with Gasteiger partial charge in [0.25, 0.3) is 0 Å². The number of nitrogens with zero attached hydrogens (tertiary/aromatic N) is 2. The highest BCUT2D eigenvalue weighted by atomic mass is 35.5. The van der Waals surface area contributed by atoms with Crippen molar-refractivity contribution in [3.8, 4) is 0 Å². The summed E-state index contributed by atoms with van der Waals surface area (Å²) < 4.78 is 41.8. The highest BCUT2D eigenvalue weighted by molar-refractivity contribution is 7.89. The van der Waals surface area contributed by atoms with Crippen molar-refractivity contribution >= 4 is 33.4 Å². The van der Waals surface area contributed by atoms with E-state index in [-0.39, 0.29) is 23.4 Å². The molecule has 0 spiro atoms. The third kappa shape index (κ3) is 7.63. The van der Waals surface area contributed by atoms with Crippen molar-refractivity contribution in [3.63, 3.8) is 0 Å². The Morgan fingerprint density at radius 2 is 1.61 bits per heavy atom. The topological polar surface area (TPSA) is 86.8 Å². The maximum atomic E-state index is 14.7. The average Bonchev–Trinajstić information content (AvgIpc) is 2.91. The number of halogens is 2. The molecule has 3 aromatic rings.